The molecule has 0 aliphatic carbocycles. The van der Waals surface area contributed by atoms with Crippen molar-refractivity contribution in [3.63, 3.8) is 0 Å². The van der Waals surface area contributed by atoms with Gasteiger partial charge in [0.15, 0.2) is 0 Å². The number of amides is 2. The van der Waals surface area contributed by atoms with Gasteiger partial charge in [0, 0.05) is 19.3 Å². The van der Waals surface area contributed by atoms with Crippen molar-refractivity contribution in [2.45, 2.75) is 52.7 Å². The molecule has 1 aliphatic rings. The van der Waals surface area contributed by atoms with Gasteiger partial charge in [0.2, 0.25) is 5.91 Å². The van der Waals surface area contributed by atoms with E-state index in [1.54, 1.807) is 31.4 Å². The SMILES string of the molecule is Cc1cc(F)cn2c(C(C)(C)NC(=O)C3COCCN(C(=O)OC(C)(C)C)C3)ncc12. The van der Waals surface area contributed by atoms with Crippen LogP contribution in [0.1, 0.15) is 46.0 Å². The van der Waals surface area contributed by atoms with Crippen LogP contribution in [0.5, 0.6) is 0 Å². The summed E-state index contributed by atoms with van der Waals surface area (Å²) in [6.07, 6.45) is 2.55. The number of pyridine rings is 1. The van der Waals surface area contributed by atoms with Gasteiger partial charge < -0.3 is 19.7 Å². The number of ether oxygens (including phenoxy) is 2. The highest BCUT2D eigenvalue weighted by Gasteiger charge is 2.34. The van der Waals surface area contributed by atoms with E-state index in [4.69, 9.17) is 9.47 Å². The maximum absolute atomic E-state index is 14.0. The number of nitrogens with zero attached hydrogens (tertiary/aromatic N) is 3. The Balaban J connectivity index is 1.77. The Morgan fingerprint density at radius 2 is 2.00 bits per heavy atom. The molecule has 2 aromatic heterocycles. The van der Waals surface area contributed by atoms with Gasteiger partial charge in [-0.05, 0) is 53.2 Å². The van der Waals surface area contributed by atoms with Gasteiger partial charge in [-0.2, -0.15) is 0 Å². The third kappa shape index (κ3) is 5.33. The van der Waals surface area contributed by atoms with Crippen molar-refractivity contribution < 1.29 is 23.5 Å². The molecule has 170 valence electrons. The highest BCUT2D eigenvalue weighted by atomic mass is 19.1. The van der Waals surface area contributed by atoms with E-state index < -0.39 is 23.2 Å². The minimum absolute atomic E-state index is 0.187. The van der Waals surface area contributed by atoms with E-state index in [9.17, 15) is 14.0 Å². The molecule has 0 saturated carbocycles. The Labute approximate surface area is 181 Å². The summed E-state index contributed by atoms with van der Waals surface area (Å²) in [5, 5.41) is 2.99. The van der Waals surface area contributed by atoms with Crippen molar-refractivity contribution in [3.8, 4) is 0 Å². The molecule has 1 saturated heterocycles. The van der Waals surface area contributed by atoms with Crippen LogP contribution in [0.2, 0.25) is 0 Å². The van der Waals surface area contributed by atoms with Gasteiger partial charge in [-0.15, -0.1) is 0 Å². The van der Waals surface area contributed by atoms with Crippen molar-refractivity contribution in [2.75, 3.05) is 26.3 Å². The third-order valence-electron chi connectivity index (χ3n) is 5.09. The topological polar surface area (TPSA) is 85.2 Å². The van der Waals surface area contributed by atoms with Crippen molar-refractivity contribution in [1.29, 1.82) is 0 Å². The maximum atomic E-state index is 14.0. The number of fused-ring (bicyclic) bond motifs is 1. The van der Waals surface area contributed by atoms with E-state index in [0.29, 0.717) is 19.0 Å². The summed E-state index contributed by atoms with van der Waals surface area (Å²) in [5.74, 6) is -0.710. The van der Waals surface area contributed by atoms with Gasteiger partial charge in [0.25, 0.3) is 0 Å². The first-order valence-electron chi connectivity index (χ1n) is 10.4. The molecule has 9 heteroatoms. The average Bonchev–Trinajstić information content (AvgIpc) is 2.90. The predicted octanol–water partition coefficient (Wildman–Crippen LogP) is 3.02. The first-order chi connectivity index (χ1) is 14.4. The summed E-state index contributed by atoms with van der Waals surface area (Å²) in [6, 6.07) is 1.44. The number of imidazole rings is 1. The molecule has 1 aliphatic heterocycles. The van der Waals surface area contributed by atoms with Crippen LogP contribution in [-0.2, 0) is 19.8 Å². The van der Waals surface area contributed by atoms with Gasteiger partial charge in [-0.1, -0.05) is 0 Å². The Morgan fingerprint density at radius 3 is 2.68 bits per heavy atom. The van der Waals surface area contributed by atoms with Crippen molar-refractivity contribution in [2.24, 2.45) is 5.92 Å². The number of halogens is 1. The van der Waals surface area contributed by atoms with Gasteiger partial charge in [-0.3, -0.25) is 9.20 Å². The molecule has 2 aromatic rings. The zero-order valence-corrected chi connectivity index (χ0v) is 19.0. The van der Waals surface area contributed by atoms with E-state index in [-0.39, 0.29) is 24.9 Å². The monoisotopic (exact) mass is 434 g/mol. The number of carbonyl (C=O) groups excluding carboxylic acids is 2. The summed E-state index contributed by atoms with van der Waals surface area (Å²) >= 11 is 0. The molecular weight excluding hydrogens is 403 g/mol. The summed E-state index contributed by atoms with van der Waals surface area (Å²) < 4.78 is 26.6. The fourth-order valence-corrected chi connectivity index (χ4v) is 3.61. The van der Waals surface area contributed by atoms with Crippen LogP contribution >= 0.6 is 0 Å². The maximum Gasteiger partial charge on any atom is 0.410 e. The lowest BCUT2D eigenvalue weighted by Gasteiger charge is -2.30. The van der Waals surface area contributed by atoms with Crippen molar-refractivity contribution in [1.82, 2.24) is 19.6 Å². The average molecular weight is 435 g/mol. The van der Waals surface area contributed by atoms with Crippen LogP contribution in [0.3, 0.4) is 0 Å². The number of hydrogen-bond donors (Lipinski definition) is 1. The molecule has 0 spiro atoms. The Hall–Kier alpha value is -2.68. The number of nitrogens with one attached hydrogen (secondary N) is 1. The summed E-state index contributed by atoms with van der Waals surface area (Å²) in [6.45, 7) is 11.9. The normalized spacial score (nSPS) is 18.0. The molecule has 3 rings (SSSR count). The molecule has 8 nitrogen and oxygen atoms in total. The zero-order valence-electron chi connectivity index (χ0n) is 19.0. The zero-order chi connectivity index (χ0) is 23.0. The second-order valence-electron chi connectivity index (χ2n) is 9.49. The standard InChI is InChI=1S/C22H31FN4O4/c1-14-9-16(23)12-27-17(14)10-24-19(27)22(5,6)25-18(28)15-11-26(7-8-30-13-15)20(29)31-21(2,3)4/h9-10,12,15H,7-8,11,13H2,1-6H3,(H,25,28). The molecular formula is C22H31FN4O4. The van der Waals surface area contributed by atoms with Crippen LogP contribution in [0.4, 0.5) is 9.18 Å². The van der Waals surface area contributed by atoms with Crippen LogP contribution in [0.25, 0.3) is 5.52 Å². The molecule has 0 bridgehead atoms. The van der Waals surface area contributed by atoms with Gasteiger partial charge in [-0.25, -0.2) is 14.2 Å². The lowest BCUT2D eigenvalue weighted by atomic mass is 10.0. The lowest BCUT2D eigenvalue weighted by molar-refractivity contribution is -0.128. The summed E-state index contributed by atoms with van der Waals surface area (Å²) in [5.41, 5.74) is 0.0185. The van der Waals surface area contributed by atoms with Crippen LogP contribution < -0.4 is 5.32 Å². The minimum atomic E-state index is -0.882. The highest BCUT2D eigenvalue weighted by Crippen LogP contribution is 2.24. The van der Waals surface area contributed by atoms with Crippen LogP contribution in [-0.4, -0.2) is 58.2 Å². The van der Waals surface area contributed by atoms with Crippen LogP contribution in [0, 0.1) is 18.7 Å². The predicted molar refractivity (Wildman–Crippen MR) is 113 cm³/mol. The Kier molecular flexibility index (Phi) is 6.27. The fraction of sp³-hybridized carbons (Fsp3) is 0.591. The number of aromatic nitrogens is 2. The molecule has 1 fully saturated rings. The van der Waals surface area contributed by atoms with E-state index in [0.717, 1.165) is 11.1 Å². The number of rotatable bonds is 3. The van der Waals surface area contributed by atoms with Gasteiger partial charge in [0.1, 0.15) is 17.2 Å². The molecule has 31 heavy (non-hydrogen) atoms. The first kappa shape index (κ1) is 23.0. The Morgan fingerprint density at radius 1 is 1.29 bits per heavy atom. The summed E-state index contributed by atoms with van der Waals surface area (Å²) in [7, 11) is 0. The van der Waals surface area contributed by atoms with Gasteiger partial charge in [0.05, 0.1) is 36.4 Å². The number of hydrogen-bond acceptors (Lipinski definition) is 5. The first-order valence-corrected chi connectivity index (χ1v) is 10.4. The number of carbonyl (C=O) groups is 2. The molecule has 1 unspecified atom stereocenters. The molecule has 1 N–H and O–H groups in total. The number of aryl methyl sites for hydroxylation is 1. The molecule has 3 heterocycles. The lowest BCUT2D eigenvalue weighted by Crippen LogP contribution is -2.49. The second kappa shape index (κ2) is 8.45. The van der Waals surface area contributed by atoms with Crippen LogP contribution in [0.15, 0.2) is 18.5 Å². The molecule has 2 amide bonds. The molecule has 1 atom stereocenters. The van der Waals surface area contributed by atoms with Gasteiger partial charge >= 0.3 is 6.09 Å². The van der Waals surface area contributed by atoms with E-state index in [2.05, 4.69) is 10.3 Å². The van der Waals surface area contributed by atoms with E-state index >= 15 is 0 Å². The van der Waals surface area contributed by atoms with E-state index in [1.807, 2.05) is 20.8 Å². The van der Waals surface area contributed by atoms with E-state index in [1.165, 1.54) is 17.2 Å². The Bertz CT molecular complexity index is 980. The highest BCUT2D eigenvalue weighted by molar-refractivity contribution is 5.80. The smallest absolute Gasteiger partial charge is 0.410 e. The molecule has 0 radical (unpaired) electrons. The summed E-state index contributed by atoms with van der Waals surface area (Å²) in [4.78, 5) is 31.5. The largest absolute Gasteiger partial charge is 0.444 e. The molecule has 0 aromatic carbocycles. The quantitative estimate of drug-likeness (QED) is 0.803. The van der Waals surface area contributed by atoms with Crippen molar-refractivity contribution >= 4 is 17.5 Å². The second-order valence-corrected chi connectivity index (χ2v) is 9.49. The van der Waals surface area contributed by atoms with Crippen molar-refractivity contribution in [3.05, 3.63) is 35.7 Å². The third-order valence-corrected chi connectivity index (χ3v) is 5.09. The minimum Gasteiger partial charge on any atom is -0.444 e. The fourth-order valence-electron chi connectivity index (χ4n) is 3.61.